The number of amides is 2. The Labute approximate surface area is 141 Å². The Morgan fingerprint density at radius 1 is 0.958 bits per heavy atom. The van der Waals surface area contributed by atoms with Gasteiger partial charge in [0.25, 0.3) is 11.8 Å². The van der Waals surface area contributed by atoms with Gasteiger partial charge in [0.1, 0.15) is 0 Å². The molecule has 0 unspecified atom stereocenters. The van der Waals surface area contributed by atoms with Crippen molar-refractivity contribution in [3.05, 3.63) is 65.7 Å². The van der Waals surface area contributed by atoms with Crippen LogP contribution in [0.2, 0.25) is 0 Å². The molecule has 2 aromatic rings. The summed E-state index contributed by atoms with van der Waals surface area (Å²) in [6.45, 7) is 1.31. The van der Waals surface area contributed by atoms with Gasteiger partial charge < -0.3 is 15.4 Å². The summed E-state index contributed by atoms with van der Waals surface area (Å²) in [6, 6.07) is 15.8. The van der Waals surface area contributed by atoms with Crippen LogP contribution < -0.4 is 10.6 Å². The fourth-order valence-corrected chi connectivity index (χ4v) is 2.61. The molecule has 1 heterocycles. The van der Waals surface area contributed by atoms with Gasteiger partial charge >= 0.3 is 0 Å². The number of carbonyl (C=O) groups excluding carboxylic acids is 2. The van der Waals surface area contributed by atoms with E-state index in [1.165, 1.54) is 0 Å². The van der Waals surface area contributed by atoms with Crippen molar-refractivity contribution in [3.63, 3.8) is 0 Å². The van der Waals surface area contributed by atoms with Crippen molar-refractivity contribution < 1.29 is 14.3 Å². The van der Waals surface area contributed by atoms with Crippen LogP contribution in [0.3, 0.4) is 0 Å². The second-order valence-electron chi connectivity index (χ2n) is 5.74. The highest BCUT2D eigenvalue weighted by molar-refractivity contribution is 6.04. The molecule has 124 valence electrons. The fraction of sp³-hybridized carbons (Fsp3) is 0.263. The Hall–Kier alpha value is -2.66. The minimum Gasteiger partial charge on any atom is -0.376 e. The third-order valence-corrected chi connectivity index (χ3v) is 3.96. The van der Waals surface area contributed by atoms with Gasteiger partial charge in [-0.1, -0.05) is 18.2 Å². The van der Waals surface area contributed by atoms with Gasteiger partial charge in [0.15, 0.2) is 0 Å². The highest BCUT2D eigenvalue weighted by Gasteiger charge is 2.16. The second kappa shape index (κ2) is 7.75. The molecule has 0 radical (unpaired) electrons. The van der Waals surface area contributed by atoms with Gasteiger partial charge in [0.2, 0.25) is 0 Å². The molecule has 0 aliphatic carbocycles. The first-order valence-corrected chi connectivity index (χ1v) is 8.08. The van der Waals surface area contributed by atoms with Gasteiger partial charge in [0, 0.05) is 30.0 Å². The van der Waals surface area contributed by atoms with E-state index in [-0.39, 0.29) is 17.9 Å². The molecule has 1 aliphatic rings. The molecule has 1 fully saturated rings. The molecule has 0 bridgehead atoms. The van der Waals surface area contributed by atoms with Gasteiger partial charge in [-0.3, -0.25) is 9.59 Å². The maximum Gasteiger partial charge on any atom is 0.255 e. The Balaban J connectivity index is 1.54. The molecule has 2 N–H and O–H groups in total. The van der Waals surface area contributed by atoms with Crippen LogP contribution in [-0.4, -0.2) is 31.1 Å². The fourth-order valence-electron chi connectivity index (χ4n) is 2.61. The summed E-state index contributed by atoms with van der Waals surface area (Å²) in [5.74, 6) is -0.308. The summed E-state index contributed by atoms with van der Waals surface area (Å²) in [6.07, 6.45) is 2.17. The molecular weight excluding hydrogens is 304 g/mol. The van der Waals surface area contributed by atoms with E-state index in [9.17, 15) is 9.59 Å². The first kappa shape index (κ1) is 16.2. The largest absolute Gasteiger partial charge is 0.376 e. The van der Waals surface area contributed by atoms with Gasteiger partial charge in [0.05, 0.1) is 6.10 Å². The second-order valence-corrected chi connectivity index (χ2v) is 5.74. The van der Waals surface area contributed by atoms with Gasteiger partial charge in [-0.25, -0.2) is 0 Å². The lowest BCUT2D eigenvalue weighted by Gasteiger charge is -2.11. The van der Waals surface area contributed by atoms with Crippen LogP contribution >= 0.6 is 0 Å². The Morgan fingerprint density at radius 3 is 2.33 bits per heavy atom. The highest BCUT2D eigenvalue weighted by atomic mass is 16.5. The van der Waals surface area contributed by atoms with E-state index < -0.39 is 0 Å². The summed E-state index contributed by atoms with van der Waals surface area (Å²) in [5.41, 5.74) is 1.81. The lowest BCUT2D eigenvalue weighted by molar-refractivity contribution is 0.0857. The summed E-state index contributed by atoms with van der Waals surface area (Å²) < 4.78 is 5.48. The number of carbonyl (C=O) groups is 2. The van der Waals surface area contributed by atoms with E-state index in [2.05, 4.69) is 10.6 Å². The summed E-state index contributed by atoms with van der Waals surface area (Å²) >= 11 is 0. The number of rotatable bonds is 5. The molecule has 0 aromatic heterocycles. The molecule has 1 aliphatic heterocycles. The van der Waals surface area contributed by atoms with Gasteiger partial charge in [-0.15, -0.1) is 0 Å². The van der Waals surface area contributed by atoms with Crippen molar-refractivity contribution in [2.24, 2.45) is 0 Å². The first-order valence-electron chi connectivity index (χ1n) is 8.08. The third kappa shape index (κ3) is 4.20. The maximum absolute atomic E-state index is 12.1. The lowest BCUT2D eigenvalue weighted by Crippen LogP contribution is -2.31. The topological polar surface area (TPSA) is 67.4 Å². The van der Waals surface area contributed by atoms with Crippen LogP contribution in [0.15, 0.2) is 54.6 Å². The average Bonchev–Trinajstić information content (AvgIpc) is 3.14. The number of ether oxygens (including phenoxy) is 1. The van der Waals surface area contributed by atoms with Gasteiger partial charge in [-0.05, 0) is 49.2 Å². The van der Waals surface area contributed by atoms with Crippen LogP contribution in [0.5, 0.6) is 0 Å². The molecule has 1 atom stereocenters. The van der Waals surface area contributed by atoms with E-state index >= 15 is 0 Å². The summed E-state index contributed by atoms with van der Waals surface area (Å²) in [4.78, 5) is 24.2. The van der Waals surface area contributed by atoms with Crippen LogP contribution in [0.4, 0.5) is 5.69 Å². The third-order valence-electron chi connectivity index (χ3n) is 3.96. The normalized spacial score (nSPS) is 16.6. The first-order chi connectivity index (χ1) is 11.7. The Kier molecular flexibility index (Phi) is 5.23. The van der Waals surface area contributed by atoms with Crippen molar-refractivity contribution in [3.8, 4) is 0 Å². The van der Waals surface area contributed by atoms with E-state index in [1.807, 2.05) is 18.2 Å². The molecular formula is C19H20N2O3. The zero-order chi connectivity index (χ0) is 16.8. The van der Waals surface area contributed by atoms with E-state index in [1.54, 1.807) is 36.4 Å². The van der Waals surface area contributed by atoms with Crippen molar-refractivity contribution in [1.82, 2.24) is 5.32 Å². The van der Waals surface area contributed by atoms with Crippen LogP contribution in [-0.2, 0) is 4.74 Å². The zero-order valence-corrected chi connectivity index (χ0v) is 13.3. The maximum atomic E-state index is 12.1. The molecule has 24 heavy (non-hydrogen) atoms. The number of nitrogens with one attached hydrogen (secondary N) is 2. The molecule has 2 amide bonds. The predicted octanol–water partition coefficient (Wildman–Crippen LogP) is 2.85. The molecule has 5 heteroatoms. The highest BCUT2D eigenvalue weighted by Crippen LogP contribution is 2.13. The van der Waals surface area contributed by atoms with Crippen LogP contribution in [0.25, 0.3) is 0 Å². The zero-order valence-electron chi connectivity index (χ0n) is 13.3. The smallest absolute Gasteiger partial charge is 0.255 e. The number of benzene rings is 2. The van der Waals surface area contributed by atoms with E-state index in [0.717, 1.165) is 19.4 Å². The molecule has 5 nitrogen and oxygen atoms in total. The Bertz CT molecular complexity index is 692. The van der Waals surface area contributed by atoms with Gasteiger partial charge in [-0.2, -0.15) is 0 Å². The minimum atomic E-state index is -0.175. The molecule has 3 rings (SSSR count). The predicted molar refractivity (Wildman–Crippen MR) is 92.1 cm³/mol. The summed E-state index contributed by atoms with van der Waals surface area (Å²) in [5, 5.41) is 5.69. The number of anilines is 1. The van der Waals surface area contributed by atoms with E-state index in [0.29, 0.717) is 23.4 Å². The summed E-state index contributed by atoms with van der Waals surface area (Å²) in [7, 11) is 0. The minimum absolute atomic E-state index is 0.124. The molecule has 1 saturated heterocycles. The van der Waals surface area contributed by atoms with Crippen molar-refractivity contribution in [2.45, 2.75) is 18.9 Å². The molecule has 0 saturated carbocycles. The lowest BCUT2D eigenvalue weighted by atomic mass is 10.1. The number of hydrogen-bond acceptors (Lipinski definition) is 3. The molecule has 0 spiro atoms. The monoisotopic (exact) mass is 324 g/mol. The number of hydrogen-bond donors (Lipinski definition) is 2. The SMILES string of the molecule is O=C(NC[C@H]1CCCO1)c1ccc(NC(=O)c2ccccc2)cc1. The van der Waals surface area contributed by atoms with Crippen LogP contribution in [0.1, 0.15) is 33.6 Å². The van der Waals surface area contributed by atoms with Crippen LogP contribution in [0, 0.1) is 0 Å². The molecule has 2 aromatic carbocycles. The Morgan fingerprint density at radius 2 is 1.67 bits per heavy atom. The van der Waals surface area contributed by atoms with Crippen molar-refractivity contribution in [1.29, 1.82) is 0 Å². The quantitative estimate of drug-likeness (QED) is 0.889. The van der Waals surface area contributed by atoms with Crippen molar-refractivity contribution in [2.75, 3.05) is 18.5 Å². The van der Waals surface area contributed by atoms with Crippen molar-refractivity contribution >= 4 is 17.5 Å². The average molecular weight is 324 g/mol. The standard InChI is InChI=1S/C19H20N2O3/c22-18(20-13-17-7-4-12-24-17)15-8-10-16(11-9-15)21-19(23)14-5-2-1-3-6-14/h1-3,5-6,8-11,17H,4,7,12-13H2,(H,20,22)(H,21,23)/t17-/m1/s1. The van der Waals surface area contributed by atoms with E-state index in [4.69, 9.17) is 4.74 Å².